The number of hydrogen-bond acceptors (Lipinski definition) is 8. The molecule has 3 heterocycles. The maximum atomic E-state index is 13.3. The minimum atomic E-state index is -0.222. The third-order valence-electron chi connectivity index (χ3n) is 6.18. The Bertz CT molecular complexity index is 1140. The van der Waals surface area contributed by atoms with Crippen molar-refractivity contribution in [3.63, 3.8) is 0 Å². The van der Waals surface area contributed by atoms with Crippen molar-refractivity contribution in [2.45, 2.75) is 45.8 Å². The number of nitrogen functional groups attached to an aromatic ring is 1. The number of likely N-dealkylation sites (N-methyl/N-ethyl adjacent to an activating group) is 1. The lowest BCUT2D eigenvalue weighted by Crippen LogP contribution is -2.43. The number of piperazine rings is 1. The van der Waals surface area contributed by atoms with Gasteiger partial charge < -0.3 is 16.0 Å². The molecule has 1 fully saturated rings. The van der Waals surface area contributed by atoms with Crippen LogP contribution in [0.2, 0.25) is 0 Å². The number of benzene rings is 1. The summed E-state index contributed by atoms with van der Waals surface area (Å²) in [6, 6.07) is 8.60. The van der Waals surface area contributed by atoms with Gasteiger partial charge in [0, 0.05) is 38.8 Å². The zero-order chi connectivity index (χ0) is 23.4. The fourth-order valence-corrected chi connectivity index (χ4v) is 4.25. The van der Waals surface area contributed by atoms with Crippen LogP contribution in [0, 0.1) is 0 Å². The Morgan fingerprint density at radius 1 is 1.06 bits per heavy atom. The molecule has 1 aromatic carbocycles. The summed E-state index contributed by atoms with van der Waals surface area (Å²) in [5.41, 5.74) is 8.41. The third-order valence-corrected chi connectivity index (χ3v) is 6.18. The van der Waals surface area contributed by atoms with E-state index in [4.69, 9.17) is 5.73 Å². The van der Waals surface area contributed by atoms with Gasteiger partial charge >= 0.3 is 0 Å². The lowest BCUT2D eigenvalue weighted by atomic mass is 10.1. The van der Waals surface area contributed by atoms with E-state index >= 15 is 0 Å². The molecule has 9 heteroatoms. The first-order chi connectivity index (χ1) is 15.9. The number of nitrogens with zero attached hydrogens (tertiary/aromatic N) is 6. The predicted molar refractivity (Wildman–Crippen MR) is 132 cm³/mol. The standard InChI is InChI=1S/C24H34N8O/c1-4-5-17(2)27-22-21-20(28-24(25)29-22)14-26-32(23(21)33)16-19-8-6-18(7-9-19)15-31-12-10-30(3)11-13-31/h6-9,14,17H,4-5,10-13,15-16H2,1-3H3,(H3,25,27,28,29)/t17-/m1/s1. The third kappa shape index (κ3) is 5.66. The van der Waals surface area contributed by atoms with Gasteiger partial charge in [-0.15, -0.1) is 0 Å². The molecule has 0 radical (unpaired) electrons. The highest BCUT2D eigenvalue weighted by Crippen LogP contribution is 2.19. The topological polar surface area (TPSA) is 105 Å². The van der Waals surface area contributed by atoms with Gasteiger partial charge in [-0.3, -0.25) is 9.69 Å². The van der Waals surface area contributed by atoms with Gasteiger partial charge in [-0.1, -0.05) is 37.6 Å². The number of nitrogens with two attached hydrogens (primary N) is 1. The lowest BCUT2D eigenvalue weighted by Gasteiger charge is -2.32. The Morgan fingerprint density at radius 2 is 1.73 bits per heavy atom. The maximum absolute atomic E-state index is 13.3. The highest BCUT2D eigenvalue weighted by Gasteiger charge is 2.16. The molecule has 1 aliphatic rings. The van der Waals surface area contributed by atoms with E-state index in [1.165, 1.54) is 10.2 Å². The van der Waals surface area contributed by atoms with E-state index in [2.05, 4.69) is 75.3 Å². The highest BCUT2D eigenvalue weighted by atomic mass is 16.1. The smallest absolute Gasteiger partial charge is 0.280 e. The molecule has 9 nitrogen and oxygen atoms in total. The van der Waals surface area contributed by atoms with Crippen molar-refractivity contribution in [2.24, 2.45) is 0 Å². The first-order valence-corrected chi connectivity index (χ1v) is 11.7. The second kappa shape index (κ2) is 10.3. The molecule has 3 N–H and O–H groups in total. The fraction of sp³-hybridized carbons (Fsp3) is 0.500. The largest absolute Gasteiger partial charge is 0.368 e. The molecule has 0 bridgehead atoms. The van der Waals surface area contributed by atoms with Crippen molar-refractivity contribution in [2.75, 3.05) is 44.3 Å². The van der Waals surface area contributed by atoms with Crippen LogP contribution < -0.4 is 16.6 Å². The van der Waals surface area contributed by atoms with Crippen LogP contribution in [-0.4, -0.2) is 68.8 Å². The number of hydrogen-bond donors (Lipinski definition) is 2. The quantitative estimate of drug-likeness (QED) is 0.538. The summed E-state index contributed by atoms with van der Waals surface area (Å²) < 4.78 is 1.47. The molecule has 0 amide bonds. The average Bonchev–Trinajstić information content (AvgIpc) is 2.78. The van der Waals surface area contributed by atoms with Gasteiger partial charge in [0.25, 0.3) is 5.56 Å². The number of rotatable bonds is 8. The molecule has 0 aliphatic carbocycles. The molecule has 4 rings (SSSR count). The van der Waals surface area contributed by atoms with Crippen molar-refractivity contribution in [3.05, 3.63) is 51.9 Å². The summed E-state index contributed by atoms with van der Waals surface area (Å²) in [5.74, 6) is 0.603. The Morgan fingerprint density at radius 3 is 2.39 bits per heavy atom. The number of aromatic nitrogens is 4. The van der Waals surface area contributed by atoms with Gasteiger partial charge in [-0.2, -0.15) is 10.1 Å². The Hall–Kier alpha value is -3.04. The van der Waals surface area contributed by atoms with Crippen LogP contribution in [0.1, 0.15) is 37.8 Å². The average molecular weight is 451 g/mol. The van der Waals surface area contributed by atoms with Gasteiger partial charge in [-0.05, 0) is 31.5 Å². The molecular weight excluding hydrogens is 416 g/mol. The van der Waals surface area contributed by atoms with Crippen molar-refractivity contribution in [3.8, 4) is 0 Å². The van der Waals surface area contributed by atoms with E-state index in [9.17, 15) is 4.79 Å². The molecule has 33 heavy (non-hydrogen) atoms. The van der Waals surface area contributed by atoms with Crippen molar-refractivity contribution >= 4 is 22.7 Å². The Kier molecular flexibility index (Phi) is 7.20. The zero-order valence-corrected chi connectivity index (χ0v) is 19.8. The SMILES string of the molecule is CCC[C@@H](C)Nc1nc(N)nc2cnn(Cc3ccc(CN4CCN(C)CC4)cc3)c(=O)c12. The van der Waals surface area contributed by atoms with Crippen LogP contribution in [0.3, 0.4) is 0 Å². The van der Waals surface area contributed by atoms with E-state index in [0.717, 1.165) is 51.1 Å². The summed E-state index contributed by atoms with van der Waals surface area (Å²) in [7, 11) is 2.17. The molecule has 0 saturated carbocycles. The van der Waals surface area contributed by atoms with Gasteiger partial charge in [-0.25, -0.2) is 9.67 Å². The molecule has 1 atom stereocenters. The van der Waals surface area contributed by atoms with E-state index in [0.29, 0.717) is 23.3 Å². The molecule has 3 aromatic rings. The normalized spacial score (nSPS) is 16.2. The number of anilines is 2. The van der Waals surface area contributed by atoms with Crippen LogP contribution in [-0.2, 0) is 13.1 Å². The van der Waals surface area contributed by atoms with Gasteiger partial charge in [0.2, 0.25) is 5.95 Å². The van der Waals surface area contributed by atoms with E-state index < -0.39 is 0 Å². The predicted octanol–water partition coefficient (Wildman–Crippen LogP) is 2.16. The van der Waals surface area contributed by atoms with E-state index in [1.807, 2.05) is 0 Å². The van der Waals surface area contributed by atoms with Gasteiger partial charge in [0.05, 0.1) is 12.7 Å². The van der Waals surface area contributed by atoms with Crippen molar-refractivity contribution in [1.82, 2.24) is 29.5 Å². The zero-order valence-electron chi connectivity index (χ0n) is 19.8. The van der Waals surface area contributed by atoms with Crippen LogP contribution >= 0.6 is 0 Å². The van der Waals surface area contributed by atoms with Crippen molar-refractivity contribution < 1.29 is 0 Å². The molecule has 1 saturated heterocycles. The Balaban J connectivity index is 1.53. The number of nitrogens with one attached hydrogen (secondary N) is 1. The lowest BCUT2D eigenvalue weighted by molar-refractivity contribution is 0.148. The first-order valence-electron chi connectivity index (χ1n) is 11.7. The molecule has 176 valence electrons. The minimum absolute atomic E-state index is 0.128. The van der Waals surface area contributed by atoms with Crippen molar-refractivity contribution in [1.29, 1.82) is 0 Å². The Labute approximate surface area is 194 Å². The fourth-order valence-electron chi connectivity index (χ4n) is 4.25. The summed E-state index contributed by atoms with van der Waals surface area (Å²) in [4.78, 5) is 26.7. The summed E-state index contributed by atoms with van der Waals surface area (Å²) >= 11 is 0. The van der Waals surface area contributed by atoms with E-state index in [-0.39, 0.29) is 17.5 Å². The van der Waals surface area contributed by atoms with Crippen LogP contribution in [0.4, 0.5) is 11.8 Å². The highest BCUT2D eigenvalue weighted by molar-refractivity contribution is 5.88. The second-order valence-electron chi connectivity index (χ2n) is 9.03. The number of fused-ring (bicyclic) bond motifs is 1. The first kappa shape index (κ1) is 23.1. The monoisotopic (exact) mass is 450 g/mol. The van der Waals surface area contributed by atoms with Crippen LogP contribution in [0.5, 0.6) is 0 Å². The van der Waals surface area contributed by atoms with Gasteiger partial charge in [0.15, 0.2) is 0 Å². The molecule has 0 spiro atoms. The molecular formula is C24H34N8O. The minimum Gasteiger partial charge on any atom is -0.368 e. The summed E-state index contributed by atoms with van der Waals surface area (Å²) in [6.45, 7) is 9.93. The summed E-state index contributed by atoms with van der Waals surface area (Å²) in [5, 5.41) is 8.09. The second-order valence-corrected chi connectivity index (χ2v) is 9.03. The molecule has 1 aliphatic heterocycles. The summed E-state index contributed by atoms with van der Waals surface area (Å²) in [6.07, 6.45) is 3.58. The van der Waals surface area contributed by atoms with E-state index in [1.54, 1.807) is 6.20 Å². The molecule has 0 unspecified atom stereocenters. The van der Waals surface area contributed by atoms with Gasteiger partial charge in [0.1, 0.15) is 16.7 Å². The maximum Gasteiger partial charge on any atom is 0.280 e. The van der Waals surface area contributed by atoms with Crippen LogP contribution in [0.25, 0.3) is 10.9 Å². The molecule has 2 aromatic heterocycles. The van der Waals surface area contributed by atoms with Crippen LogP contribution in [0.15, 0.2) is 35.3 Å².